The first-order chi connectivity index (χ1) is 25.2. The Kier molecular flexibility index (Phi) is 12.7. The van der Waals surface area contributed by atoms with Gasteiger partial charge in [-0.1, -0.05) is 77.8 Å². The summed E-state index contributed by atoms with van der Waals surface area (Å²) in [7, 11) is 0. The summed E-state index contributed by atoms with van der Waals surface area (Å²) in [5.74, 6) is 1.20. The molecule has 3 atom stereocenters. The van der Waals surface area contributed by atoms with E-state index in [0.717, 1.165) is 38.5 Å². The van der Waals surface area contributed by atoms with Crippen molar-refractivity contribution < 1.29 is 28.9 Å². The van der Waals surface area contributed by atoms with Gasteiger partial charge in [0.15, 0.2) is 39.2 Å². The lowest BCUT2D eigenvalue weighted by molar-refractivity contribution is -0.119. The van der Waals surface area contributed by atoms with Gasteiger partial charge in [0.25, 0.3) is 0 Å². The molecule has 6 rings (SSSR count). The van der Waals surface area contributed by atoms with Crippen LogP contribution in [0.2, 0.25) is 0 Å². The molecule has 5 N–H and O–H groups in total. The number of oxime groups is 2. The van der Waals surface area contributed by atoms with E-state index in [2.05, 4.69) is 96.2 Å². The van der Waals surface area contributed by atoms with Crippen molar-refractivity contribution in [2.45, 2.75) is 61.3 Å². The van der Waals surface area contributed by atoms with E-state index in [4.69, 9.17) is 14.1 Å². The molecule has 2 amide bonds. The van der Waals surface area contributed by atoms with Gasteiger partial charge in [-0.2, -0.15) is 0 Å². The van der Waals surface area contributed by atoms with Gasteiger partial charge in [0.05, 0.1) is 12.1 Å². The maximum absolute atomic E-state index is 11.4. The van der Waals surface area contributed by atoms with Crippen LogP contribution in [0.5, 0.6) is 0 Å². The number of nitrogens with one attached hydrogen (secondary N) is 4. The van der Waals surface area contributed by atoms with Gasteiger partial charge in [-0.3, -0.25) is 9.59 Å². The summed E-state index contributed by atoms with van der Waals surface area (Å²) >= 11 is 9.86. The Morgan fingerprint density at radius 3 is 2.08 bits per heavy atom. The number of aryl methyl sites for hydroxylation is 1. The Morgan fingerprint density at radius 1 is 0.846 bits per heavy atom. The molecule has 0 fully saturated rings. The van der Waals surface area contributed by atoms with Gasteiger partial charge < -0.3 is 31.3 Å². The third kappa shape index (κ3) is 9.25. The molecule has 0 radical (unpaired) electrons. The number of nitrogens with zero attached hydrogens (tertiary/aromatic N) is 6. The summed E-state index contributed by atoms with van der Waals surface area (Å²) in [5.41, 5.74) is 4.77. The second kappa shape index (κ2) is 17.6. The largest absolute Gasteiger partial charge is 0.409 e. The molecule has 0 bridgehead atoms. The normalized spacial score (nSPS) is 18.1. The first kappa shape index (κ1) is 37.6. The predicted octanol–water partition coefficient (Wildman–Crippen LogP) is 5.00. The summed E-state index contributed by atoms with van der Waals surface area (Å²) in [6, 6.07) is 11.6. The van der Waals surface area contributed by atoms with Gasteiger partial charge in [-0.25, -0.2) is 9.26 Å². The molecule has 52 heavy (non-hydrogen) atoms. The smallest absolute Gasteiger partial charge is 0.216 e. The Hall–Kier alpha value is -4.14. The number of carbonyl (C=O) groups is 2. The fraction of sp³-hybridized carbons (Fsp3) is 0.375. The zero-order valence-electron chi connectivity index (χ0n) is 27.9. The van der Waals surface area contributed by atoms with Crippen molar-refractivity contribution in [3.05, 3.63) is 79.0 Å². The minimum atomic E-state index is -0.514. The molecule has 20 heteroatoms. The summed E-state index contributed by atoms with van der Waals surface area (Å²) in [4.78, 5) is 29.0. The molecular weight excluding hydrogens is 844 g/mol. The highest BCUT2D eigenvalue weighted by molar-refractivity contribution is 9.10. The number of hydrogen-bond acceptors (Lipinski definition) is 14. The molecule has 2 aromatic heterocycles. The van der Waals surface area contributed by atoms with E-state index in [1.54, 1.807) is 0 Å². The maximum atomic E-state index is 11.4. The van der Waals surface area contributed by atoms with Crippen LogP contribution in [-0.2, 0) is 20.8 Å². The number of halogens is 2. The molecule has 2 aliphatic rings. The van der Waals surface area contributed by atoms with Crippen LogP contribution in [-0.4, -0.2) is 73.9 Å². The minimum absolute atomic E-state index is 0.0615. The fourth-order valence-electron chi connectivity index (χ4n) is 5.89. The number of fused-ring (bicyclic) bond motifs is 2. The maximum Gasteiger partial charge on any atom is 0.216 e. The Morgan fingerprint density at radius 2 is 1.44 bits per heavy atom. The lowest BCUT2D eigenvalue weighted by Crippen LogP contribution is -2.30. The van der Waals surface area contributed by atoms with Crippen molar-refractivity contribution in [3.8, 4) is 0 Å². The predicted molar refractivity (Wildman–Crippen MR) is 199 cm³/mol. The monoisotopic (exact) mass is 876 g/mol. The van der Waals surface area contributed by atoms with E-state index in [1.165, 1.54) is 42.9 Å². The summed E-state index contributed by atoms with van der Waals surface area (Å²) in [6.07, 6.45) is 1.63. The van der Waals surface area contributed by atoms with E-state index < -0.39 is 6.10 Å². The number of thioether (sulfide) groups is 2. The molecule has 0 saturated heterocycles. The molecular formula is C32H34Br2N10O6S2. The Balaban J connectivity index is 1.23. The quantitative estimate of drug-likeness (QED) is 0.0282. The number of rotatable bonds is 14. The van der Waals surface area contributed by atoms with Crippen LogP contribution >= 0.6 is 55.4 Å². The van der Waals surface area contributed by atoms with Gasteiger partial charge in [0.1, 0.15) is 0 Å². The number of benzene rings is 2. The van der Waals surface area contributed by atoms with Gasteiger partial charge in [-0.05, 0) is 74.4 Å². The van der Waals surface area contributed by atoms with E-state index >= 15 is 0 Å². The van der Waals surface area contributed by atoms with Gasteiger partial charge in [0, 0.05) is 59.4 Å². The Bertz CT molecular complexity index is 1970. The van der Waals surface area contributed by atoms with Crippen LogP contribution in [0, 0.1) is 0 Å². The van der Waals surface area contributed by atoms with Crippen LogP contribution in [0.25, 0.3) is 0 Å². The van der Waals surface area contributed by atoms with E-state index in [-0.39, 0.29) is 35.4 Å². The van der Waals surface area contributed by atoms with Crippen molar-refractivity contribution in [1.82, 2.24) is 41.9 Å². The lowest BCUT2D eigenvalue weighted by atomic mass is 10.1. The number of carbonyl (C=O) groups excluding carboxylic acids is 2. The highest BCUT2D eigenvalue weighted by Gasteiger charge is 2.36. The highest BCUT2D eigenvalue weighted by atomic mass is 79.9. The topological polar surface area (TPSA) is 214 Å². The number of aromatic nitrogens is 4. The number of hydrogen-bond donors (Lipinski definition) is 5. The molecule has 274 valence electrons. The van der Waals surface area contributed by atoms with E-state index in [9.17, 15) is 14.8 Å². The van der Waals surface area contributed by atoms with Crippen LogP contribution in [0.3, 0.4) is 0 Å². The second-order valence-electron chi connectivity index (χ2n) is 11.8. The van der Waals surface area contributed by atoms with Crippen molar-refractivity contribution in [1.29, 1.82) is 0 Å². The first-order valence-electron chi connectivity index (χ1n) is 16.2. The van der Waals surface area contributed by atoms with Crippen LogP contribution < -0.4 is 21.3 Å². The second-order valence-corrected chi connectivity index (χ2v) is 15.8. The van der Waals surface area contributed by atoms with Crippen molar-refractivity contribution >= 4 is 78.9 Å². The SMILES string of the molecule is CC(=O)NCCSc1nonc1/C(=N/OC1CC(N/C(=N\O)c2nonc2SCCNC(C)=O)c2cc(Br)ccc21)NC1CCc2ccc(Br)cc21. The van der Waals surface area contributed by atoms with Crippen molar-refractivity contribution in [2.24, 2.45) is 10.3 Å². The van der Waals surface area contributed by atoms with Crippen LogP contribution in [0.15, 0.2) is 75.0 Å². The van der Waals surface area contributed by atoms with Crippen molar-refractivity contribution in [3.63, 3.8) is 0 Å². The molecule has 0 aliphatic heterocycles. The van der Waals surface area contributed by atoms with Crippen LogP contribution in [0.1, 0.15) is 78.5 Å². The molecule has 0 saturated carbocycles. The fourth-order valence-corrected chi connectivity index (χ4v) is 8.15. The third-order valence-electron chi connectivity index (χ3n) is 8.19. The summed E-state index contributed by atoms with van der Waals surface area (Å²) in [5, 5.41) is 47.7. The van der Waals surface area contributed by atoms with E-state index in [1.807, 2.05) is 24.3 Å². The zero-order chi connectivity index (χ0) is 36.6. The lowest BCUT2D eigenvalue weighted by Gasteiger charge is -2.18. The molecule has 2 aromatic carbocycles. The standard InChI is InChI=1S/C32H34Br2N10O6S2/c1-16(45)35-9-11-51-31-27(40-49-43-31)29(39-47)38-25-15-26(21-7-6-20(34)14-23(21)25)48-42-30(28-32(44-50-41-28)52-12-10-36-17(2)46)37-24-8-4-18-3-5-19(33)13-22(18)24/h3,5-7,13-14,24-26,47H,4,8-12,15H2,1-2H3,(H,35,45)(H,36,46)(H,37,42)(H,38,39). The van der Waals surface area contributed by atoms with Gasteiger partial charge >= 0.3 is 0 Å². The number of amides is 2. The zero-order valence-corrected chi connectivity index (χ0v) is 32.7. The molecule has 2 heterocycles. The van der Waals surface area contributed by atoms with Gasteiger partial charge in [-0.15, -0.1) is 0 Å². The van der Waals surface area contributed by atoms with Crippen LogP contribution in [0.4, 0.5) is 0 Å². The van der Waals surface area contributed by atoms with E-state index in [0.29, 0.717) is 52.6 Å². The summed E-state index contributed by atoms with van der Waals surface area (Å²) < 4.78 is 12.0. The molecule has 3 unspecified atom stereocenters. The van der Waals surface area contributed by atoms with Crippen molar-refractivity contribution in [2.75, 3.05) is 24.6 Å². The molecule has 4 aromatic rings. The Labute approximate surface area is 323 Å². The third-order valence-corrected chi connectivity index (χ3v) is 11.1. The van der Waals surface area contributed by atoms with Gasteiger partial charge in [0.2, 0.25) is 11.8 Å². The minimum Gasteiger partial charge on any atom is -0.409 e. The average molecular weight is 879 g/mol. The molecule has 2 aliphatic carbocycles. The summed E-state index contributed by atoms with van der Waals surface area (Å²) in [6.45, 7) is 3.77. The highest BCUT2D eigenvalue weighted by Crippen LogP contribution is 2.43. The number of amidine groups is 2. The first-order valence-corrected chi connectivity index (χ1v) is 19.7. The molecule has 16 nitrogen and oxygen atoms in total. The molecule has 0 spiro atoms. The average Bonchev–Trinajstić information content (AvgIpc) is 3.92.